The van der Waals surface area contributed by atoms with Crippen LogP contribution in [0.3, 0.4) is 0 Å². The second-order valence-corrected chi connectivity index (χ2v) is 7.35. The Hall–Kier alpha value is -1.89. The van der Waals surface area contributed by atoms with Crippen molar-refractivity contribution in [2.45, 2.75) is 56.0 Å². The fourth-order valence-corrected chi connectivity index (χ4v) is 3.87. The Morgan fingerprint density at radius 1 is 1.38 bits per heavy atom. The molecule has 1 atom stereocenters. The van der Waals surface area contributed by atoms with Gasteiger partial charge in [-0.15, -0.1) is 10.2 Å². The zero-order valence-corrected chi connectivity index (χ0v) is 14.8. The monoisotopic (exact) mass is 346 g/mol. The molecule has 0 radical (unpaired) electrons. The second kappa shape index (κ2) is 6.20. The highest BCUT2D eigenvalue weighted by molar-refractivity contribution is 7.98. The van der Waals surface area contributed by atoms with Crippen molar-refractivity contribution in [3.8, 4) is 11.5 Å². The second-order valence-electron chi connectivity index (χ2n) is 6.41. The fourth-order valence-electron chi connectivity index (χ4n) is 3.03. The number of nitrogen functional groups attached to an aromatic ring is 1. The minimum atomic E-state index is 0.227. The lowest BCUT2D eigenvalue weighted by Gasteiger charge is -2.12. The minimum Gasteiger partial charge on any atom is -0.494 e. The highest BCUT2D eigenvalue weighted by atomic mass is 32.2. The van der Waals surface area contributed by atoms with E-state index in [0.29, 0.717) is 12.5 Å². The van der Waals surface area contributed by atoms with E-state index >= 15 is 0 Å². The number of hydrogen-bond donors (Lipinski definition) is 1. The first kappa shape index (κ1) is 15.6. The number of aromatic nitrogens is 3. The van der Waals surface area contributed by atoms with Crippen molar-refractivity contribution < 1.29 is 9.47 Å². The van der Waals surface area contributed by atoms with Crippen LogP contribution in [0.15, 0.2) is 17.3 Å². The number of thioether (sulfide) groups is 1. The molecule has 0 saturated heterocycles. The fraction of sp³-hybridized carbons (Fsp3) is 0.529. The number of nitrogens with zero attached hydrogens (tertiary/aromatic N) is 3. The molecular formula is C17H22N4O2S. The van der Waals surface area contributed by atoms with E-state index < -0.39 is 0 Å². The number of rotatable bonds is 6. The smallest absolute Gasteiger partial charge is 0.210 e. The van der Waals surface area contributed by atoms with Crippen LogP contribution >= 0.6 is 11.8 Å². The number of hydrogen-bond acceptors (Lipinski definition) is 6. The zero-order valence-electron chi connectivity index (χ0n) is 14.0. The molecule has 2 heterocycles. The maximum Gasteiger partial charge on any atom is 0.210 e. The maximum absolute atomic E-state index is 6.13. The van der Waals surface area contributed by atoms with Gasteiger partial charge >= 0.3 is 0 Å². The third-order valence-electron chi connectivity index (χ3n) is 4.37. The van der Waals surface area contributed by atoms with Gasteiger partial charge in [-0.1, -0.05) is 11.8 Å². The molecule has 1 aromatic carbocycles. The topological polar surface area (TPSA) is 75.2 Å². The van der Waals surface area contributed by atoms with Crippen LogP contribution in [-0.2, 0) is 12.2 Å². The summed E-state index contributed by atoms with van der Waals surface area (Å²) in [5.74, 6) is 10.1. The van der Waals surface area contributed by atoms with E-state index in [0.717, 1.165) is 53.1 Å². The van der Waals surface area contributed by atoms with E-state index in [-0.39, 0.29) is 6.10 Å². The molecule has 4 rings (SSSR count). The first-order valence-electron chi connectivity index (χ1n) is 8.44. The quantitative estimate of drug-likeness (QED) is 0.640. The van der Waals surface area contributed by atoms with Crippen LogP contribution in [0.25, 0.3) is 0 Å². The van der Waals surface area contributed by atoms with E-state index in [9.17, 15) is 0 Å². The maximum atomic E-state index is 6.13. The Morgan fingerprint density at radius 2 is 2.21 bits per heavy atom. The van der Waals surface area contributed by atoms with Crippen molar-refractivity contribution in [1.29, 1.82) is 0 Å². The van der Waals surface area contributed by atoms with Gasteiger partial charge < -0.3 is 15.3 Å². The Morgan fingerprint density at radius 3 is 2.96 bits per heavy atom. The zero-order chi connectivity index (χ0) is 16.7. The van der Waals surface area contributed by atoms with E-state index in [4.69, 9.17) is 15.3 Å². The summed E-state index contributed by atoms with van der Waals surface area (Å²) in [4.78, 5) is 0. The Kier molecular flexibility index (Phi) is 4.04. The number of nitrogens with two attached hydrogens (primary N) is 1. The SMILES string of the molecule is CCOc1cc2c(cc1CSc1nnc(C3CC3)n1N)OC(C)C2. The summed E-state index contributed by atoms with van der Waals surface area (Å²) in [6, 6.07) is 4.21. The van der Waals surface area contributed by atoms with Gasteiger partial charge in [0.25, 0.3) is 0 Å². The van der Waals surface area contributed by atoms with Gasteiger partial charge in [-0.2, -0.15) is 0 Å². The predicted molar refractivity (Wildman–Crippen MR) is 93.1 cm³/mol. The minimum absolute atomic E-state index is 0.227. The van der Waals surface area contributed by atoms with Crippen LogP contribution in [0.4, 0.5) is 0 Å². The number of ether oxygens (including phenoxy) is 2. The standard InChI is InChI=1S/C17H22N4O2S/c1-3-22-14-7-12-6-10(2)23-15(12)8-13(14)9-24-17-20-19-16(21(17)18)11-4-5-11/h7-8,10-11H,3-6,9,18H2,1-2H3. The molecule has 0 spiro atoms. The summed E-state index contributed by atoms with van der Waals surface area (Å²) in [5.41, 5.74) is 2.32. The van der Waals surface area contributed by atoms with Crippen LogP contribution in [-0.4, -0.2) is 27.6 Å². The van der Waals surface area contributed by atoms with E-state index in [1.165, 1.54) is 5.56 Å². The molecule has 1 fully saturated rings. The molecule has 2 N–H and O–H groups in total. The molecular weight excluding hydrogens is 324 g/mol. The van der Waals surface area contributed by atoms with Gasteiger partial charge in [0.15, 0.2) is 5.82 Å². The first-order valence-corrected chi connectivity index (χ1v) is 9.42. The summed E-state index contributed by atoms with van der Waals surface area (Å²) < 4.78 is 13.3. The molecule has 1 aliphatic heterocycles. The molecule has 128 valence electrons. The summed E-state index contributed by atoms with van der Waals surface area (Å²) >= 11 is 1.58. The first-order chi connectivity index (χ1) is 11.7. The van der Waals surface area contributed by atoms with Gasteiger partial charge in [0, 0.05) is 29.2 Å². The van der Waals surface area contributed by atoms with Crippen LogP contribution in [0.1, 0.15) is 49.6 Å². The summed E-state index contributed by atoms with van der Waals surface area (Å²) in [6.07, 6.45) is 3.49. The van der Waals surface area contributed by atoms with Crippen molar-refractivity contribution in [2.75, 3.05) is 12.4 Å². The Balaban J connectivity index is 1.54. The summed E-state index contributed by atoms with van der Waals surface area (Å²) in [7, 11) is 0. The van der Waals surface area contributed by atoms with Crippen LogP contribution in [0.5, 0.6) is 11.5 Å². The van der Waals surface area contributed by atoms with Crippen molar-refractivity contribution >= 4 is 11.8 Å². The van der Waals surface area contributed by atoms with E-state index in [2.05, 4.69) is 29.3 Å². The third kappa shape index (κ3) is 2.92. The summed E-state index contributed by atoms with van der Waals surface area (Å²) in [6.45, 7) is 4.73. The molecule has 2 aliphatic rings. The van der Waals surface area contributed by atoms with Gasteiger partial charge in [0.2, 0.25) is 5.16 Å². The summed E-state index contributed by atoms with van der Waals surface area (Å²) in [5, 5.41) is 9.20. The number of fused-ring (bicyclic) bond motifs is 1. The van der Waals surface area contributed by atoms with Crippen molar-refractivity contribution in [1.82, 2.24) is 14.9 Å². The van der Waals surface area contributed by atoms with Gasteiger partial charge in [-0.25, -0.2) is 4.68 Å². The van der Waals surface area contributed by atoms with Crippen LogP contribution < -0.4 is 15.3 Å². The molecule has 1 aromatic heterocycles. The lowest BCUT2D eigenvalue weighted by atomic mass is 10.1. The predicted octanol–water partition coefficient (Wildman–Crippen LogP) is 2.88. The van der Waals surface area contributed by atoms with Gasteiger partial charge in [0.1, 0.15) is 17.6 Å². The van der Waals surface area contributed by atoms with Crippen molar-refractivity contribution in [2.24, 2.45) is 0 Å². The third-order valence-corrected chi connectivity index (χ3v) is 5.36. The van der Waals surface area contributed by atoms with Crippen LogP contribution in [0.2, 0.25) is 0 Å². The van der Waals surface area contributed by atoms with E-state index in [1.807, 2.05) is 6.92 Å². The molecule has 24 heavy (non-hydrogen) atoms. The van der Waals surface area contributed by atoms with Crippen molar-refractivity contribution in [3.05, 3.63) is 29.1 Å². The Labute approximate surface area is 145 Å². The average Bonchev–Trinajstić information content (AvgIpc) is 3.23. The molecule has 7 heteroatoms. The Bertz CT molecular complexity index is 757. The lowest BCUT2D eigenvalue weighted by molar-refractivity contribution is 0.254. The molecule has 0 bridgehead atoms. The number of benzene rings is 1. The van der Waals surface area contributed by atoms with Gasteiger partial charge in [-0.3, -0.25) is 0 Å². The van der Waals surface area contributed by atoms with Crippen molar-refractivity contribution in [3.63, 3.8) is 0 Å². The molecule has 1 saturated carbocycles. The van der Waals surface area contributed by atoms with Gasteiger partial charge in [-0.05, 0) is 38.8 Å². The normalized spacial score (nSPS) is 19.2. The molecule has 1 aliphatic carbocycles. The molecule has 2 aromatic rings. The highest BCUT2D eigenvalue weighted by Gasteiger charge is 2.30. The van der Waals surface area contributed by atoms with Gasteiger partial charge in [0.05, 0.1) is 6.61 Å². The highest BCUT2D eigenvalue weighted by Crippen LogP contribution is 2.40. The molecule has 1 unspecified atom stereocenters. The average molecular weight is 346 g/mol. The lowest BCUT2D eigenvalue weighted by Crippen LogP contribution is -2.13. The molecule has 0 amide bonds. The molecule has 6 nitrogen and oxygen atoms in total. The van der Waals surface area contributed by atoms with E-state index in [1.54, 1.807) is 16.4 Å². The largest absolute Gasteiger partial charge is 0.494 e. The van der Waals surface area contributed by atoms with Crippen LogP contribution in [0, 0.1) is 0 Å².